The van der Waals surface area contributed by atoms with Crippen molar-refractivity contribution in [3.8, 4) is 0 Å². The maximum atomic E-state index is 12.6. The molecular formula is C26H33BrN6OS. The van der Waals surface area contributed by atoms with Crippen LogP contribution in [-0.2, 0) is 6.54 Å². The van der Waals surface area contributed by atoms with Crippen molar-refractivity contribution in [2.75, 3.05) is 24.5 Å². The molecule has 3 aromatic heterocycles. The Morgan fingerprint density at radius 3 is 2.57 bits per heavy atom. The van der Waals surface area contributed by atoms with Crippen molar-refractivity contribution in [2.24, 2.45) is 0 Å². The summed E-state index contributed by atoms with van der Waals surface area (Å²) in [4.78, 5) is 30.5. The third-order valence-corrected chi connectivity index (χ3v) is 8.04. The monoisotopic (exact) mass is 556 g/mol. The maximum Gasteiger partial charge on any atom is 0.254 e. The van der Waals surface area contributed by atoms with Crippen LogP contribution in [0.4, 0.5) is 5.69 Å². The zero-order chi connectivity index (χ0) is 24.8. The van der Waals surface area contributed by atoms with Gasteiger partial charge in [0.25, 0.3) is 5.91 Å². The fraction of sp³-hybridized carbons (Fsp3) is 0.462. The number of halogens is 1. The van der Waals surface area contributed by atoms with Crippen molar-refractivity contribution in [1.29, 1.82) is 0 Å². The summed E-state index contributed by atoms with van der Waals surface area (Å²) >= 11 is 5.20. The van der Waals surface area contributed by atoms with E-state index in [1.165, 1.54) is 17.6 Å². The Labute approximate surface area is 220 Å². The molecule has 1 fully saturated rings. The lowest BCUT2D eigenvalue weighted by Gasteiger charge is -2.41. The van der Waals surface area contributed by atoms with Crippen molar-refractivity contribution < 1.29 is 4.79 Å². The number of nitrogens with one attached hydrogen (secondary N) is 1. The molecule has 3 aromatic rings. The topological polar surface area (TPSA) is 74.2 Å². The van der Waals surface area contributed by atoms with Gasteiger partial charge in [-0.1, -0.05) is 0 Å². The quantitative estimate of drug-likeness (QED) is 0.374. The molecule has 1 unspecified atom stereocenters. The molecule has 1 amide bonds. The molecule has 35 heavy (non-hydrogen) atoms. The summed E-state index contributed by atoms with van der Waals surface area (Å²) in [5, 5.41) is 7.44. The molecule has 1 atom stereocenters. The molecule has 1 saturated heterocycles. The number of aryl methyl sites for hydroxylation is 2. The van der Waals surface area contributed by atoms with Crippen LogP contribution in [0.3, 0.4) is 0 Å². The van der Waals surface area contributed by atoms with Crippen molar-refractivity contribution >= 4 is 38.9 Å². The van der Waals surface area contributed by atoms with Crippen LogP contribution in [0.25, 0.3) is 0 Å². The van der Waals surface area contributed by atoms with Crippen molar-refractivity contribution in [3.05, 3.63) is 68.6 Å². The summed E-state index contributed by atoms with van der Waals surface area (Å²) in [6, 6.07) is 7.27. The number of rotatable bonds is 9. The first-order chi connectivity index (χ1) is 16.9. The zero-order valence-corrected chi connectivity index (χ0v) is 23.0. The third-order valence-electron chi connectivity index (χ3n) is 6.84. The summed E-state index contributed by atoms with van der Waals surface area (Å²) in [5.74, 6) is -0.0845. The number of hydrogen-bond acceptors (Lipinski definition) is 7. The van der Waals surface area contributed by atoms with E-state index in [1.54, 1.807) is 11.3 Å². The Morgan fingerprint density at radius 1 is 1.20 bits per heavy atom. The molecule has 1 aliphatic heterocycles. The summed E-state index contributed by atoms with van der Waals surface area (Å²) in [7, 11) is 0. The first kappa shape index (κ1) is 25.7. The molecule has 186 valence electrons. The van der Waals surface area contributed by atoms with E-state index in [0.29, 0.717) is 24.2 Å². The van der Waals surface area contributed by atoms with Gasteiger partial charge < -0.3 is 15.1 Å². The van der Waals surface area contributed by atoms with E-state index in [0.717, 1.165) is 54.9 Å². The number of nitrogens with zero attached hydrogens (tertiary/aromatic N) is 5. The lowest BCUT2D eigenvalue weighted by molar-refractivity contribution is 0.0943. The minimum Gasteiger partial charge on any atom is -0.363 e. The van der Waals surface area contributed by atoms with E-state index in [9.17, 15) is 4.79 Å². The normalized spacial score (nSPS) is 15.7. The highest BCUT2D eigenvalue weighted by Gasteiger charge is 2.27. The van der Waals surface area contributed by atoms with Crippen molar-refractivity contribution in [3.63, 3.8) is 0 Å². The Bertz CT molecular complexity index is 1080. The molecule has 0 radical (unpaired) electrons. The Balaban J connectivity index is 1.30. The number of aromatic nitrogens is 3. The number of likely N-dealkylation sites (tertiary alicyclic amines) is 1. The molecule has 9 heteroatoms. The molecule has 1 aliphatic rings. The average Bonchev–Trinajstić information content (AvgIpc) is 3.37. The molecule has 0 spiro atoms. The molecule has 0 bridgehead atoms. The third kappa shape index (κ3) is 6.65. The first-order valence-corrected chi connectivity index (χ1v) is 13.9. The Hall–Kier alpha value is -2.36. The van der Waals surface area contributed by atoms with Gasteiger partial charge >= 0.3 is 0 Å². The van der Waals surface area contributed by atoms with Crippen LogP contribution in [0.1, 0.15) is 53.5 Å². The molecule has 7 nitrogen and oxygen atoms in total. The summed E-state index contributed by atoms with van der Waals surface area (Å²) in [5.41, 5.74) is 4.55. The van der Waals surface area contributed by atoms with E-state index in [2.05, 4.69) is 75.8 Å². The smallest absolute Gasteiger partial charge is 0.254 e. The number of thiophene rings is 1. The van der Waals surface area contributed by atoms with E-state index in [4.69, 9.17) is 0 Å². The number of pyridine rings is 1. The largest absolute Gasteiger partial charge is 0.363 e. The highest BCUT2D eigenvalue weighted by molar-refractivity contribution is 9.10. The van der Waals surface area contributed by atoms with Crippen molar-refractivity contribution in [2.45, 2.75) is 58.7 Å². The first-order valence-electron chi connectivity index (χ1n) is 12.1. The van der Waals surface area contributed by atoms with Crippen LogP contribution in [0.2, 0.25) is 0 Å². The fourth-order valence-corrected chi connectivity index (χ4v) is 5.67. The van der Waals surface area contributed by atoms with E-state index in [1.807, 2.05) is 26.1 Å². The van der Waals surface area contributed by atoms with Crippen LogP contribution in [0, 0.1) is 13.8 Å². The van der Waals surface area contributed by atoms with Gasteiger partial charge in [-0.2, -0.15) is 11.3 Å². The SMILES string of the molecule is Cc1ncnc(C)c1C(=O)NCCC(C)N1CCC(N(Cc2ccsc2)c2ccc(Br)nc2)CC1. The number of piperidine rings is 1. The average molecular weight is 558 g/mol. The Kier molecular flexibility index (Phi) is 8.86. The standard InChI is InChI=1S/C26H33BrN6OS/c1-18(6-10-28-26(34)25-19(2)30-17-31-20(25)3)32-11-7-22(8-12-32)33(15-21-9-13-35-16-21)23-4-5-24(27)29-14-23/h4-5,9,13-14,16-18,22H,6-8,10-12,15H2,1-3H3,(H,28,34). The molecule has 0 aromatic carbocycles. The number of carbonyl (C=O) groups is 1. The van der Waals surface area contributed by atoms with E-state index < -0.39 is 0 Å². The van der Waals surface area contributed by atoms with Gasteiger partial charge in [-0.25, -0.2) is 15.0 Å². The fourth-order valence-electron chi connectivity index (χ4n) is 4.77. The van der Waals surface area contributed by atoms with Crippen LogP contribution in [-0.4, -0.2) is 57.5 Å². The second kappa shape index (κ2) is 12.1. The molecule has 0 saturated carbocycles. The molecule has 0 aliphatic carbocycles. The minimum atomic E-state index is -0.0845. The minimum absolute atomic E-state index is 0.0845. The van der Waals surface area contributed by atoms with Crippen LogP contribution < -0.4 is 10.2 Å². The van der Waals surface area contributed by atoms with Gasteiger partial charge in [0.1, 0.15) is 10.9 Å². The van der Waals surface area contributed by atoms with Crippen LogP contribution >= 0.6 is 27.3 Å². The van der Waals surface area contributed by atoms with Crippen molar-refractivity contribution in [1.82, 2.24) is 25.2 Å². The number of anilines is 1. The second-order valence-corrected chi connectivity index (χ2v) is 10.8. The highest BCUT2D eigenvalue weighted by Crippen LogP contribution is 2.27. The number of carbonyl (C=O) groups excluding carboxylic acids is 1. The van der Waals surface area contributed by atoms with E-state index >= 15 is 0 Å². The van der Waals surface area contributed by atoms with Gasteiger partial charge in [-0.05, 0) is 90.5 Å². The van der Waals surface area contributed by atoms with Gasteiger partial charge in [0.2, 0.25) is 0 Å². The predicted molar refractivity (Wildman–Crippen MR) is 145 cm³/mol. The highest BCUT2D eigenvalue weighted by atomic mass is 79.9. The lowest BCUT2D eigenvalue weighted by Crippen LogP contribution is -2.48. The number of hydrogen-bond donors (Lipinski definition) is 1. The summed E-state index contributed by atoms with van der Waals surface area (Å²) < 4.78 is 0.859. The van der Waals surface area contributed by atoms with Gasteiger partial charge in [0.15, 0.2) is 0 Å². The molecule has 4 heterocycles. The molecular weight excluding hydrogens is 524 g/mol. The molecule has 4 rings (SSSR count). The van der Waals surface area contributed by atoms with Gasteiger partial charge in [-0.15, -0.1) is 0 Å². The maximum absolute atomic E-state index is 12.6. The van der Waals surface area contributed by atoms with Crippen LogP contribution in [0.15, 0.2) is 46.1 Å². The summed E-state index contributed by atoms with van der Waals surface area (Å²) in [6.45, 7) is 9.61. The zero-order valence-electron chi connectivity index (χ0n) is 20.6. The van der Waals surface area contributed by atoms with Gasteiger partial charge in [0.05, 0.1) is 28.8 Å². The van der Waals surface area contributed by atoms with E-state index in [-0.39, 0.29) is 5.91 Å². The van der Waals surface area contributed by atoms with Gasteiger partial charge in [-0.3, -0.25) is 4.79 Å². The lowest BCUT2D eigenvalue weighted by atomic mass is 9.99. The number of amides is 1. The summed E-state index contributed by atoms with van der Waals surface area (Å²) in [6.07, 6.45) is 6.60. The molecule has 1 N–H and O–H groups in total. The van der Waals surface area contributed by atoms with Crippen LogP contribution in [0.5, 0.6) is 0 Å². The Morgan fingerprint density at radius 2 is 1.94 bits per heavy atom. The predicted octanol–water partition coefficient (Wildman–Crippen LogP) is 4.99. The second-order valence-electron chi connectivity index (χ2n) is 9.18. The van der Waals surface area contributed by atoms with Gasteiger partial charge in [0, 0.05) is 38.3 Å².